The van der Waals surface area contributed by atoms with E-state index in [1.54, 1.807) is 6.20 Å². The minimum atomic E-state index is -4.54. The monoisotopic (exact) mass is 407 g/mol. The molecule has 0 unspecified atom stereocenters. The van der Waals surface area contributed by atoms with Crippen LogP contribution in [0.3, 0.4) is 0 Å². The van der Waals surface area contributed by atoms with E-state index >= 15 is 0 Å². The number of benzene rings is 1. The molecule has 2 aromatic heterocycles. The van der Waals surface area contributed by atoms with Crippen LogP contribution in [-0.2, 0) is 12.6 Å². The summed E-state index contributed by atoms with van der Waals surface area (Å²) < 4.78 is 38.9. The van der Waals surface area contributed by atoms with Gasteiger partial charge >= 0.3 is 11.9 Å². The van der Waals surface area contributed by atoms with Crippen molar-refractivity contribution in [3.8, 4) is 11.6 Å². The Bertz CT molecular complexity index is 1140. The first-order valence-electron chi connectivity index (χ1n) is 8.43. The molecule has 0 saturated carbocycles. The Balaban J connectivity index is 1.98. The van der Waals surface area contributed by atoms with Gasteiger partial charge in [-0.2, -0.15) is 13.2 Å². The van der Waals surface area contributed by atoms with E-state index in [4.69, 9.17) is 0 Å². The fourth-order valence-electron chi connectivity index (χ4n) is 2.73. The van der Waals surface area contributed by atoms with Gasteiger partial charge in [0.1, 0.15) is 5.56 Å². The van der Waals surface area contributed by atoms with E-state index in [9.17, 15) is 27.9 Å². The number of nitrogens with zero attached hydrogens (tertiary/aromatic N) is 3. The molecule has 29 heavy (non-hydrogen) atoms. The van der Waals surface area contributed by atoms with Gasteiger partial charge in [0.2, 0.25) is 5.88 Å². The lowest BCUT2D eigenvalue weighted by molar-refractivity contribution is -0.137. The number of hydrogen-bond acceptors (Lipinski definition) is 5. The largest absolute Gasteiger partial charge is 0.493 e. The first kappa shape index (κ1) is 20.1. The molecule has 0 aliphatic heterocycles. The second-order valence-corrected chi connectivity index (χ2v) is 6.13. The third kappa shape index (κ3) is 4.28. The van der Waals surface area contributed by atoms with Crippen LogP contribution in [0.2, 0.25) is 0 Å². The molecule has 0 amide bonds. The van der Waals surface area contributed by atoms with Crippen LogP contribution in [-0.4, -0.2) is 36.9 Å². The van der Waals surface area contributed by atoms with Gasteiger partial charge in [0.25, 0.3) is 5.56 Å². The highest BCUT2D eigenvalue weighted by Gasteiger charge is 2.30. The summed E-state index contributed by atoms with van der Waals surface area (Å²) in [5, 5.41) is 10.5. The van der Waals surface area contributed by atoms with E-state index < -0.39 is 28.9 Å². The van der Waals surface area contributed by atoms with Crippen molar-refractivity contribution in [2.75, 3.05) is 6.54 Å². The normalized spacial score (nSPS) is 12.3. The molecule has 0 saturated heterocycles. The Morgan fingerprint density at radius 1 is 1.24 bits per heavy atom. The average molecular weight is 407 g/mol. The van der Waals surface area contributed by atoms with E-state index in [0.29, 0.717) is 11.0 Å². The van der Waals surface area contributed by atoms with Crippen LogP contribution in [0.1, 0.15) is 23.7 Å². The summed E-state index contributed by atoms with van der Waals surface area (Å²) in [6, 6.07) is 3.60. The molecule has 1 aromatic carbocycles. The number of imidazole rings is 1. The zero-order chi connectivity index (χ0) is 21.2. The van der Waals surface area contributed by atoms with Crippen LogP contribution in [0.25, 0.3) is 5.69 Å². The molecule has 3 N–H and O–H groups in total. The molecule has 0 bridgehead atoms. The number of aliphatic imine (C=N–C) groups is 1. The first-order chi connectivity index (χ1) is 13.7. The molecule has 0 fully saturated rings. The van der Waals surface area contributed by atoms with Gasteiger partial charge in [-0.1, -0.05) is 0 Å². The molecule has 0 aliphatic rings. The Morgan fingerprint density at radius 2 is 1.93 bits per heavy atom. The number of aromatic hydroxyl groups is 1. The number of rotatable bonds is 5. The second kappa shape index (κ2) is 7.78. The number of aromatic nitrogens is 4. The van der Waals surface area contributed by atoms with E-state index in [-0.39, 0.29) is 23.5 Å². The van der Waals surface area contributed by atoms with E-state index in [0.717, 1.165) is 30.0 Å². The zero-order valence-electron chi connectivity index (χ0n) is 15.1. The Labute approximate surface area is 161 Å². The molecule has 2 heterocycles. The highest BCUT2D eigenvalue weighted by Crippen LogP contribution is 2.30. The van der Waals surface area contributed by atoms with Gasteiger partial charge in [-0.3, -0.25) is 14.8 Å². The lowest BCUT2D eigenvalue weighted by Crippen LogP contribution is -2.32. The summed E-state index contributed by atoms with van der Waals surface area (Å²) in [5.74, 6) is -0.707. The van der Waals surface area contributed by atoms with Crippen molar-refractivity contribution in [1.82, 2.24) is 19.5 Å². The Hall–Kier alpha value is -3.63. The molecule has 8 nitrogen and oxygen atoms in total. The number of halogens is 3. The SMILES string of the molecule is CC(=NCCc1cnc[nH]1)c1c(O)n(-c2ccc(C(F)(F)F)cc2)c(=O)[nH]c1=O. The highest BCUT2D eigenvalue weighted by atomic mass is 19.4. The molecule has 11 heteroatoms. The number of nitrogens with one attached hydrogen (secondary N) is 2. The zero-order valence-corrected chi connectivity index (χ0v) is 15.1. The van der Waals surface area contributed by atoms with Crippen molar-refractivity contribution >= 4 is 5.71 Å². The van der Waals surface area contributed by atoms with E-state index in [1.165, 1.54) is 13.3 Å². The van der Waals surface area contributed by atoms with Gasteiger partial charge in [-0.05, 0) is 31.2 Å². The van der Waals surface area contributed by atoms with Crippen LogP contribution < -0.4 is 11.2 Å². The number of hydrogen-bond donors (Lipinski definition) is 3. The van der Waals surface area contributed by atoms with Crippen LogP contribution in [0, 0.1) is 0 Å². The van der Waals surface area contributed by atoms with Crippen LogP contribution in [0.5, 0.6) is 5.88 Å². The summed E-state index contributed by atoms with van der Waals surface area (Å²) in [5.41, 5.74) is -2.02. The van der Waals surface area contributed by atoms with Gasteiger partial charge in [-0.15, -0.1) is 0 Å². The minimum Gasteiger partial charge on any atom is -0.493 e. The van der Waals surface area contributed by atoms with Crippen molar-refractivity contribution in [2.24, 2.45) is 4.99 Å². The number of alkyl halides is 3. The Morgan fingerprint density at radius 3 is 2.52 bits per heavy atom. The summed E-state index contributed by atoms with van der Waals surface area (Å²) in [7, 11) is 0. The number of H-pyrrole nitrogens is 2. The molecule has 0 aliphatic carbocycles. The maximum absolute atomic E-state index is 12.7. The van der Waals surface area contributed by atoms with Crippen LogP contribution >= 0.6 is 0 Å². The topological polar surface area (TPSA) is 116 Å². The molecule has 3 rings (SSSR count). The maximum atomic E-state index is 12.7. The fourth-order valence-corrected chi connectivity index (χ4v) is 2.73. The van der Waals surface area contributed by atoms with Crippen molar-refractivity contribution < 1.29 is 18.3 Å². The molecule has 0 atom stereocenters. The van der Waals surface area contributed by atoms with Crippen LogP contribution in [0.4, 0.5) is 13.2 Å². The van der Waals surface area contributed by atoms with E-state index in [2.05, 4.69) is 15.0 Å². The van der Waals surface area contributed by atoms with Crippen molar-refractivity contribution in [2.45, 2.75) is 19.5 Å². The molecular weight excluding hydrogens is 391 g/mol. The predicted molar refractivity (Wildman–Crippen MR) is 98.7 cm³/mol. The fraction of sp³-hybridized carbons (Fsp3) is 0.222. The average Bonchev–Trinajstić information content (AvgIpc) is 3.14. The quantitative estimate of drug-likeness (QED) is 0.561. The lowest BCUT2D eigenvalue weighted by atomic mass is 10.1. The van der Waals surface area contributed by atoms with Crippen LogP contribution in [0.15, 0.2) is 51.4 Å². The predicted octanol–water partition coefficient (Wildman–Crippen LogP) is 2.02. The summed E-state index contributed by atoms with van der Waals surface area (Å²) in [6.45, 7) is 1.77. The van der Waals surface area contributed by atoms with Gasteiger partial charge < -0.3 is 10.1 Å². The van der Waals surface area contributed by atoms with Gasteiger partial charge in [-0.25, -0.2) is 14.3 Å². The van der Waals surface area contributed by atoms with Gasteiger partial charge in [0.05, 0.1) is 17.6 Å². The molecule has 152 valence electrons. The molecular formula is C18H16F3N5O3. The molecule has 0 spiro atoms. The van der Waals surface area contributed by atoms with Gasteiger partial charge in [0, 0.05) is 30.6 Å². The maximum Gasteiger partial charge on any atom is 0.416 e. The number of aromatic amines is 2. The third-order valence-corrected chi connectivity index (χ3v) is 4.19. The second-order valence-electron chi connectivity index (χ2n) is 6.13. The highest BCUT2D eigenvalue weighted by molar-refractivity contribution is 6.00. The van der Waals surface area contributed by atoms with Crippen molar-refractivity contribution in [1.29, 1.82) is 0 Å². The Kier molecular flexibility index (Phi) is 5.39. The summed E-state index contributed by atoms with van der Waals surface area (Å²) in [4.78, 5) is 37.4. The lowest BCUT2D eigenvalue weighted by Gasteiger charge is -2.12. The minimum absolute atomic E-state index is 0.0386. The smallest absolute Gasteiger partial charge is 0.416 e. The van der Waals surface area contributed by atoms with Gasteiger partial charge in [0.15, 0.2) is 0 Å². The summed E-state index contributed by atoms with van der Waals surface area (Å²) in [6.07, 6.45) is -0.892. The molecule has 0 radical (unpaired) electrons. The summed E-state index contributed by atoms with van der Waals surface area (Å²) >= 11 is 0. The van der Waals surface area contributed by atoms with E-state index in [1.807, 2.05) is 4.98 Å². The standard InChI is InChI=1S/C18H16F3N5O3/c1-10(23-7-6-12-8-22-9-24-12)14-15(27)25-17(29)26(16(14)28)13-4-2-11(3-5-13)18(19,20)21/h2-5,8-9,28H,6-7H2,1H3,(H,22,24)(H,25,27,29). The van der Waals surface area contributed by atoms with Crippen molar-refractivity contribution in [3.63, 3.8) is 0 Å². The third-order valence-electron chi connectivity index (χ3n) is 4.19. The van der Waals surface area contributed by atoms with Crippen molar-refractivity contribution in [3.05, 3.63) is 74.4 Å². The first-order valence-corrected chi connectivity index (χ1v) is 8.43. The molecule has 3 aromatic rings.